The predicted octanol–water partition coefficient (Wildman–Crippen LogP) is 4.26. The van der Waals surface area contributed by atoms with E-state index in [9.17, 15) is 13.2 Å². The number of anilines is 1. The zero-order chi connectivity index (χ0) is 15.2. The van der Waals surface area contributed by atoms with Crippen LogP contribution in [0.4, 0.5) is 19.0 Å². The number of halogens is 4. The predicted molar refractivity (Wildman–Crippen MR) is 75.1 cm³/mol. The summed E-state index contributed by atoms with van der Waals surface area (Å²) >= 11 is 6.02. The second-order valence-electron chi connectivity index (χ2n) is 4.48. The molecular weight excluding hydrogens is 303 g/mol. The number of pyridine rings is 1. The molecule has 0 radical (unpaired) electrons. The van der Waals surface area contributed by atoms with Crippen molar-refractivity contribution >= 4 is 22.9 Å². The molecule has 0 fully saturated rings. The molecule has 0 saturated heterocycles. The highest BCUT2D eigenvalue weighted by atomic mass is 35.5. The van der Waals surface area contributed by atoms with Crippen LogP contribution in [-0.4, -0.2) is 9.38 Å². The van der Waals surface area contributed by atoms with Crippen molar-refractivity contribution in [2.75, 3.05) is 5.73 Å². The Labute approximate surface area is 122 Å². The van der Waals surface area contributed by atoms with E-state index in [1.54, 1.807) is 18.2 Å². The van der Waals surface area contributed by atoms with Crippen LogP contribution in [-0.2, 0) is 6.18 Å². The number of benzene rings is 1. The van der Waals surface area contributed by atoms with Crippen molar-refractivity contribution in [3.8, 4) is 11.4 Å². The van der Waals surface area contributed by atoms with Crippen molar-refractivity contribution in [3.63, 3.8) is 0 Å². The van der Waals surface area contributed by atoms with E-state index in [0.717, 1.165) is 12.1 Å². The first-order chi connectivity index (χ1) is 9.88. The average molecular weight is 312 g/mol. The Bertz CT molecular complexity index is 824. The molecule has 2 N–H and O–H groups in total. The topological polar surface area (TPSA) is 43.3 Å². The Hall–Kier alpha value is -2.21. The molecule has 0 atom stereocenters. The maximum absolute atomic E-state index is 12.8. The van der Waals surface area contributed by atoms with Gasteiger partial charge in [-0.1, -0.05) is 29.8 Å². The molecule has 3 rings (SSSR count). The van der Waals surface area contributed by atoms with Gasteiger partial charge in [-0.15, -0.1) is 0 Å². The molecule has 0 bridgehead atoms. The third-order valence-electron chi connectivity index (χ3n) is 3.10. The van der Waals surface area contributed by atoms with Gasteiger partial charge in [0.2, 0.25) is 0 Å². The number of nitrogens with zero attached hydrogens (tertiary/aromatic N) is 2. The van der Waals surface area contributed by atoms with Crippen LogP contribution < -0.4 is 5.73 Å². The van der Waals surface area contributed by atoms with Crippen LogP contribution in [0, 0.1) is 0 Å². The van der Waals surface area contributed by atoms with Gasteiger partial charge in [-0.3, -0.25) is 4.40 Å². The molecule has 0 spiro atoms. The number of hydrogen-bond donors (Lipinski definition) is 1. The Balaban J connectivity index is 2.27. The Kier molecular flexibility index (Phi) is 3.06. The lowest BCUT2D eigenvalue weighted by molar-refractivity contribution is -0.137. The van der Waals surface area contributed by atoms with Gasteiger partial charge in [0.05, 0.1) is 11.1 Å². The van der Waals surface area contributed by atoms with E-state index < -0.39 is 11.7 Å². The number of aromatic nitrogens is 2. The van der Waals surface area contributed by atoms with Gasteiger partial charge in [-0.2, -0.15) is 13.2 Å². The van der Waals surface area contributed by atoms with Gasteiger partial charge in [0.15, 0.2) is 5.15 Å². The fourth-order valence-corrected chi connectivity index (χ4v) is 2.38. The van der Waals surface area contributed by atoms with E-state index in [-0.39, 0.29) is 11.0 Å². The monoisotopic (exact) mass is 311 g/mol. The normalized spacial score (nSPS) is 12.0. The van der Waals surface area contributed by atoms with Gasteiger partial charge in [0.1, 0.15) is 11.6 Å². The maximum Gasteiger partial charge on any atom is 0.416 e. The quantitative estimate of drug-likeness (QED) is 0.730. The van der Waals surface area contributed by atoms with E-state index in [0.29, 0.717) is 16.9 Å². The van der Waals surface area contributed by atoms with Crippen molar-refractivity contribution < 1.29 is 13.2 Å². The first-order valence-corrected chi connectivity index (χ1v) is 6.36. The molecule has 21 heavy (non-hydrogen) atoms. The SMILES string of the molecule is Nc1cccc2c(Cl)nc(-c3cccc(C(F)(F)F)c3)n12. The number of nitrogens with two attached hydrogens (primary N) is 1. The van der Waals surface area contributed by atoms with Gasteiger partial charge >= 0.3 is 6.18 Å². The summed E-state index contributed by atoms with van der Waals surface area (Å²) in [6.45, 7) is 0. The largest absolute Gasteiger partial charge is 0.416 e. The van der Waals surface area contributed by atoms with E-state index >= 15 is 0 Å². The van der Waals surface area contributed by atoms with Crippen LogP contribution >= 0.6 is 11.6 Å². The van der Waals surface area contributed by atoms with Gasteiger partial charge in [-0.05, 0) is 24.3 Å². The summed E-state index contributed by atoms with van der Waals surface area (Å²) in [5, 5.41) is 0.190. The second-order valence-corrected chi connectivity index (χ2v) is 4.83. The Morgan fingerprint density at radius 3 is 2.52 bits per heavy atom. The lowest BCUT2D eigenvalue weighted by atomic mass is 10.1. The third kappa shape index (κ3) is 2.31. The van der Waals surface area contributed by atoms with Crippen LogP contribution in [0.15, 0.2) is 42.5 Å². The Morgan fingerprint density at radius 1 is 1.10 bits per heavy atom. The highest BCUT2D eigenvalue weighted by molar-refractivity contribution is 6.33. The summed E-state index contributed by atoms with van der Waals surface area (Å²) in [7, 11) is 0. The van der Waals surface area contributed by atoms with Crippen molar-refractivity contribution in [3.05, 3.63) is 53.2 Å². The summed E-state index contributed by atoms with van der Waals surface area (Å²) in [4.78, 5) is 4.13. The van der Waals surface area contributed by atoms with Crippen molar-refractivity contribution in [1.82, 2.24) is 9.38 Å². The van der Waals surface area contributed by atoms with E-state index in [1.165, 1.54) is 16.5 Å². The van der Waals surface area contributed by atoms with Gasteiger partial charge in [0, 0.05) is 5.56 Å². The van der Waals surface area contributed by atoms with Crippen molar-refractivity contribution in [2.45, 2.75) is 6.18 Å². The van der Waals surface area contributed by atoms with Crippen LogP contribution in [0.25, 0.3) is 16.9 Å². The molecular formula is C14H9ClF3N3. The van der Waals surface area contributed by atoms with E-state index in [1.807, 2.05) is 0 Å². The third-order valence-corrected chi connectivity index (χ3v) is 3.37. The second kappa shape index (κ2) is 4.66. The minimum atomic E-state index is -4.42. The smallest absolute Gasteiger partial charge is 0.385 e. The summed E-state index contributed by atoms with van der Waals surface area (Å²) < 4.78 is 39.9. The summed E-state index contributed by atoms with van der Waals surface area (Å²) in [5.41, 5.74) is 5.97. The molecule has 3 nitrogen and oxygen atoms in total. The molecule has 7 heteroatoms. The molecule has 3 aromatic rings. The summed E-state index contributed by atoms with van der Waals surface area (Å²) in [5.74, 6) is 0.624. The summed E-state index contributed by atoms with van der Waals surface area (Å²) in [6.07, 6.45) is -4.42. The lowest BCUT2D eigenvalue weighted by Gasteiger charge is -2.09. The highest BCUT2D eigenvalue weighted by Crippen LogP contribution is 2.33. The van der Waals surface area contributed by atoms with Crippen LogP contribution in [0.1, 0.15) is 5.56 Å². The maximum atomic E-state index is 12.8. The standard InChI is InChI=1S/C14H9ClF3N3/c15-12-10-5-2-6-11(19)21(10)13(20-12)8-3-1-4-9(7-8)14(16,17)18/h1-7H,19H2. The van der Waals surface area contributed by atoms with Crippen molar-refractivity contribution in [2.24, 2.45) is 0 Å². The van der Waals surface area contributed by atoms with Crippen LogP contribution in [0.3, 0.4) is 0 Å². The van der Waals surface area contributed by atoms with E-state index in [2.05, 4.69) is 4.98 Å². The minimum absolute atomic E-state index is 0.190. The molecule has 2 heterocycles. The average Bonchev–Trinajstić information content (AvgIpc) is 2.77. The lowest BCUT2D eigenvalue weighted by Crippen LogP contribution is -2.05. The van der Waals surface area contributed by atoms with Crippen LogP contribution in [0.2, 0.25) is 5.15 Å². The molecule has 0 amide bonds. The number of nitrogen functional groups attached to an aromatic ring is 1. The fraction of sp³-hybridized carbons (Fsp3) is 0.0714. The molecule has 0 aliphatic carbocycles. The summed E-state index contributed by atoms with van der Waals surface area (Å²) in [6, 6.07) is 9.92. The minimum Gasteiger partial charge on any atom is -0.385 e. The van der Waals surface area contributed by atoms with Gasteiger partial charge < -0.3 is 5.73 Å². The molecule has 0 aliphatic rings. The molecule has 108 valence electrons. The molecule has 0 aliphatic heterocycles. The Morgan fingerprint density at radius 2 is 1.81 bits per heavy atom. The van der Waals surface area contributed by atoms with Crippen molar-refractivity contribution in [1.29, 1.82) is 0 Å². The number of imidazole rings is 1. The molecule has 0 unspecified atom stereocenters. The van der Waals surface area contributed by atoms with Crippen LogP contribution in [0.5, 0.6) is 0 Å². The van der Waals surface area contributed by atoms with Gasteiger partial charge in [0.25, 0.3) is 0 Å². The van der Waals surface area contributed by atoms with Gasteiger partial charge in [-0.25, -0.2) is 4.98 Å². The molecule has 2 aromatic heterocycles. The van der Waals surface area contributed by atoms with E-state index in [4.69, 9.17) is 17.3 Å². The molecule has 1 aromatic carbocycles. The number of fused-ring (bicyclic) bond motifs is 1. The molecule has 0 saturated carbocycles. The first kappa shape index (κ1) is 13.8. The number of hydrogen-bond acceptors (Lipinski definition) is 2. The zero-order valence-corrected chi connectivity index (χ0v) is 11.3. The fourth-order valence-electron chi connectivity index (χ4n) is 2.15. The zero-order valence-electron chi connectivity index (χ0n) is 10.5. The first-order valence-electron chi connectivity index (χ1n) is 5.98. The highest BCUT2D eigenvalue weighted by Gasteiger charge is 2.30. The number of alkyl halides is 3. The number of rotatable bonds is 1.